The van der Waals surface area contributed by atoms with Gasteiger partial charge >= 0.3 is 0 Å². The van der Waals surface area contributed by atoms with Crippen LogP contribution >= 0.6 is 0 Å². The van der Waals surface area contributed by atoms with Crippen molar-refractivity contribution in [2.75, 3.05) is 26.1 Å². The Labute approximate surface area is 98.4 Å². The summed E-state index contributed by atoms with van der Waals surface area (Å²) >= 11 is 0. The third-order valence-corrected chi connectivity index (χ3v) is 2.44. The first-order valence-corrected chi connectivity index (χ1v) is 5.62. The summed E-state index contributed by atoms with van der Waals surface area (Å²) in [6, 6.07) is 6.81. The molecule has 0 aliphatic heterocycles. The van der Waals surface area contributed by atoms with Gasteiger partial charge in [0.2, 0.25) is 0 Å². The van der Waals surface area contributed by atoms with Gasteiger partial charge in [0, 0.05) is 26.7 Å². The summed E-state index contributed by atoms with van der Waals surface area (Å²) < 4.78 is 5.38. The fraction of sp³-hybridized carbons (Fsp3) is 0.538. The molecule has 1 N–H and O–H groups in total. The fourth-order valence-electron chi connectivity index (χ4n) is 1.52. The van der Waals surface area contributed by atoms with Crippen LogP contribution in [0.15, 0.2) is 18.2 Å². The van der Waals surface area contributed by atoms with Crippen LogP contribution < -0.4 is 15.0 Å². The molecule has 0 heterocycles. The van der Waals surface area contributed by atoms with Gasteiger partial charge in [0.05, 0.1) is 12.8 Å². The van der Waals surface area contributed by atoms with E-state index < -0.39 is 0 Å². The first kappa shape index (κ1) is 12.8. The van der Waals surface area contributed by atoms with Gasteiger partial charge in [-0.05, 0) is 17.7 Å². The molecule has 0 aromatic heterocycles. The monoisotopic (exact) mass is 222 g/mol. The average Bonchev–Trinajstić information content (AvgIpc) is 2.25. The van der Waals surface area contributed by atoms with Crippen molar-refractivity contribution in [1.29, 1.82) is 0 Å². The molecule has 0 atom stereocenters. The number of methoxy groups -OCH3 is 1. The molecular weight excluding hydrogens is 200 g/mol. The third kappa shape index (κ3) is 3.42. The van der Waals surface area contributed by atoms with Gasteiger partial charge in [0.1, 0.15) is 5.75 Å². The fourth-order valence-corrected chi connectivity index (χ4v) is 1.52. The Morgan fingerprint density at radius 3 is 2.50 bits per heavy atom. The van der Waals surface area contributed by atoms with E-state index in [-0.39, 0.29) is 0 Å². The second-order valence-corrected chi connectivity index (χ2v) is 4.44. The molecule has 90 valence electrons. The number of nitrogens with zero attached hydrogens (tertiary/aromatic N) is 1. The Hall–Kier alpha value is -1.22. The van der Waals surface area contributed by atoms with Crippen molar-refractivity contribution in [3.05, 3.63) is 23.8 Å². The Morgan fingerprint density at radius 1 is 1.31 bits per heavy atom. The molecule has 0 fully saturated rings. The molecule has 0 bridgehead atoms. The molecule has 1 rings (SSSR count). The van der Waals surface area contributed by atoms with Gasteiger partial charge in [-0.25, -0.2) is 0 Å². The highest BCUT2D eigenvalue weighted by Gasteiger charge is 2.06. The van der Waals surface area contributed by atoms with E-state index in [0.717, 1.165) is 18.0 Å². The lowest BCUT2D eigenvalue weighted by Gasteiger charge is -2.18. The van der Waals surface area contributed by atoms with E-state index in [0.29, 0.717) is 6.04 Å². The number of nitrogens with one attached hydrogen (secondary N) is 1. The zero-order chi connectivity index (χ0) is 12.1. The van der Waals surface area contributed by atoms with Crippen LogP contribution in [0.5, 0.6) is 5.75 Å². The van der Waals surface area contributed by atoms with Gasteiger partial charge in [-0.1, -0.05) is 19.9 Å². The van der Waals surface area contributed by atoms with Gasteiger partial charge in [-0.15, -0.1) is 0 Å². The van der Waals surface area contributed by atoms with E-state index in [1.807, 2.05) is 14.1 Å². The minimum absolute atomic E-state index is 0.500. The first-order chi connectivity index (χ1) is 7.54. The lowest BCUT2D eigenvalue weighted by molar-refractivity contribution is 0.414. The van der Waals surface area contributed by atoms with Crippen LogP contribution in [0.3, 0.4) is 0 Å². The van der Waals surface area contributed by atoms with E-state index in [9.17, 15) is 0 Å². The van der Waals surface area contributed by atoms with Gasteiger partial charge in [0.15, 0.2) is 0 Å². The van der Waals surface area contributed by atoms with Gasteiger partial charge in [0.25, 0.3) is 0 Å². The molecule has 0 amide bonds. The van der Waals surface area contributed by atoms with E-state index in [1.54, 1.807) is 7.11 Å². The van der Waals surface area contributed by atoms with Crippen LogP contribution in [0.2, 0.25) is 0 Å². The maximum Gasteiger partial charge on any atom is 0.142 e. The average molecular weight is 222 g/mol. The molecular formula is C13H22N2O. The standard InChI is InChI=1S/C13H22N2O/c1-10(2)14-9-11-6-7-12(15(3)4)13(8-11)16-5/h6-8,10,14H,9H2,1-5H3. The van der Waals surface area contributed by atoms with Gasteiger partial charge < -0.3 is 15.0 Å². The largest absolute Gasteiger partial charge is 0.495 e. The SMILES string of the molecule is COc1cc(CNC(C)C)ccc1N(C)C. The number of hydrogen-bond acceptors (Lipinski definition) is 3. The van der Waals surface area contributed by atoms with E-state index in [2.05, 4.69) is 42.3 Å². The maximum atomic E-state index is 5.38. The zero-order valence-corrected chi connectivity index (χ0v) is 10.9. The highest BCUT2D eigenvalue weighted by molar-refractivity contribution is 5.58. The molecule has 0 saturated heterocycles. The third-order valence-electron chi connectivity index (χ3n) is 2.44. The van der Waals surface area contributed by atoms with Crippen LogP contribution in [0.1, 0.15) is 19.4 Å². The maximum absolute atomic E-state index is 5.38. The number of ether oxygens (including phenoxy) is 1. The van der Waals surface area contributed by atoms with E-state index in [4.69, 9.17) is 4.74 Å². The summed E-state index contributed by atoms with van der Waals surface area (Å²) in [6.07, 6.45) is 0. The summed E-state index contributed by atoms with van der Waals surface area (Å²) in [5.74, 6) is 0.924. The predicted octanol–water partition coefficient (Wildman–Crippen LogP) is 2.26. The van der Waals surface area contributed by atoms with Crippen LogP contribution in [0.4, 0.5) is 5.69 Å². The summed E-state index contributed by atoms with van der Waals surface area (Å²) in [5.41, 5.74) is 2.35. The van der Waals surface area contributed by atoms with Crippen molar-refractivity contribution >= 4 is 5.69 Å². The van der Waals surface area contributed by atoms with Gasteiger partial charge in [-0.3, -0.25) is 0 Å². The molecule has 1 aromatic carbocycles. The number of benzene rings is 1. The quantitative estimate of drug-likeness (QED) is 0.827. The van der Waals surface area contributed by atoms with Crippen molar-refractivity contribution < 1.29 is 4.74 Å². The number of rotatable bonds is 5. The molecule has 1 aromatic rings. The highest BCUT2D eigenvalue weighted by Crippen LogP contribution is 2.27. The van der Waals surface area contributed by atoms with Crippen molar-refractivity contribution in [2.45, 2.75) is 26.4 Å². The van der Waals surface area contributed by atoms with E-state index in [1.165, 1.54) is 5.56 Å². The molecule has 3 nitrogen and oxygen atoms in total. The predicted molar refractivity (Wildman–Crippen MR) is 69.3 cm³/mol. The summed E-state index contributed by atoms with van der Waals surface area (Å²) in [6.45, 7) is 5.17. The first-order valence-electron chi connectivity index (χ1n) is 5.62. The lowest BCUT2D eigenvalue weighted by Crippen LogP contribution is -2.21. The second-order valence-electron chi connectivity index (χ2n) is 4.44. The minimum atomic E-state index is 0.500. The number of hydrogen-bond donors (Lipinski definition) is 1. The summed E-state index contributed by atoms with van der Waals surface area (Å²) in [7, 11) is 5.75. The van der Waals surface area contributed by atoms with Crippen molar-refractivity contribution in [2.24, 2.45) is 0 Å². The van der Waals surface area contributed by atoms with Gasteiger partial charge in [-0.2, -0.15) is 0 Å². The van der Waals surface area contributed by atoms with Crippen molar-refractivity contribution in [3.63, 3.8) is 0 Å². The molecule has 0 saturated carbocycles. The molecule has 16 heavy (non-hydrogen) atoms. The van der Waals surface area contributed by atoms with E-state index >= 15 is 0 Å². The highest BCUT2D eigenvalue weighted by atomic mass is 16.5. The Kier molecular flexibility index (Phi) is 4.62. The Balaban J connectivity index is 2.82. The smallest absolute Gasteiger partial charge is 0.142 e. The van der Waals surface area contributed by atoms with Crippen LogP contribution in [-0.4, -0.2) is 27.2 Å². The molecule has 0 spiro atoms. The topological polar surface area (TPSA) is 24.5 Å². The lowest BCUT2D eigenvalue weighted by atomic mass is 10.1. The minimum Gasteiger partial charge on any atom is -0.495 e. The van der Waals surface area contributed by atoms with Crippen molar-refractivity contribution in [3.8, 4) is 5.75 Å². The van der Waals surface area contributed by atoms with Crippen LogP contribution in [0.25, 0.3) is 0 Å². The normalized spacial score (nSPS) is 10.6. The zero-order valence-electron chi connectivity index (χ0n) is 10.9. The Morgan fingerprint density at radius 2 is 2.00 bits per heavy atom. The van der Waals surface area contributed by atoms with Crippen LogP contribution in [0, 0.1) is 0 Å². The Bertz CT molecular complexity index is 335. The summed E-state index contributed by atoms with van der Waals surface area (Å²) in [4.78, 5) is 2.05. The van der Waals surface area contributed by atoms with Crippen molar-refractivity contribution in [1.82, 2.24) is 5.32 Å². The molecule has 0 radical (unpaired) electrons. The molecule has 0 aliphatic carbocycles. The molecule has 3 heteroatoms. The molecule has 0 unspecified atom stereocenters. The van der Waals surface area contributed by atoms with Crippen LogP contribution in [-0.2, 0) is 6.54 Å². The molecule has 0 aliphatic rings. The second kappa shape index (κ2) is 5.75. The number of anilines is 1. The summed E-state index contributed by atoms with van der Waals surface area (Å²) in [5, 5.41) is 3.39.